The molecule has 8 nitrogen and oxygen atoms in total. The number of esters is 3. The van der Waals surface area contributed by atoms with Crippen LogP contribution in [-0.2, 0) is 33.4 Å². The van der Waals surface area contributed by atoms with Crippen LogP contribution in [0.3, 0.4) is 0 Å². The lowest BCUT2D eigenvalue weighted by atomic mass is 9.71. The molecule has 142 valence electrons. The molecule has 3 heterocycles. The summed E-state index contributed by atoms with van der Waals surface area (Å²) in [5.74, 6) is -2.05. The maximum absolute atomic E-state index is 13.0. The molecule has 3 aliphatic rings. The van der Waals surface area contributed by atoms with Crippen LogP contribution in [0.5, 0.6) is 0 Å². The van der Waals surface area contributed by atoms with Gasteiger partial charge in [0.15, 0.2) is 5.78 Å². The van der Waals surface area contributed by atoms with Crippen LogP contribution in [0.1, 0.15) is 44.3 Å². The first-order valence-corrected chi connectivity index (χ1v) is 8.73. The normalized spacial score (nSPS) is 30.6. The average molecular weight is 374 g/mol. The van der Waals surface area contributed by atoms with Gasteiger partial charge in [0.05, 0.1) is 12.5 Å². The Bertz CT molecular complexity index is 849. The molecule has 1 aromatic heterocycles. The van der Waals surface area contributed by atoms with Gasteiger partial charge < -0.3 is 18.6 Å². The zero-order valence-electron chi connectivity index (χ0n) is 14.7. The molecule has 0 radical (unpaired) electrons. The van der Waals surface area contributed by atoms with Crippen LogP contribution in [0.4, 0.5) is 0 Å². The summed E-state index contributed by atoms with van der Waals surface area (Å²) < 4.78 is 20.9. The van der Waals surface area contributed by atoms with Gasteiger partial charge in [0.1, 0.15) is 24.2 Å². The molecular weight excluding hydrogens is 356 g/mol. The minimum Gasteiger partial charge on any atom is -0.472 e. The third-order valence-electron chi connectivity index (χ3n) is 5.42. The first-order valence-electron chi connectivity index (χ1n) is 8.73. The maximum Gasteiger partial charge on any atom is 0.334 e. The molecule has 1 saturated heterocycles. The van der Waals surface area contributed by atoms with Crippen LogP contribution in [-0.4, -0.2) is 36.4 Å². The fourth-order valence-electron chi connectivity index (χ4n) is 4.03. The number of furan rings is 1. The van der Waals surface area contributed by atoms with Crippen molar-refractivity contribution in [2.45, 2.75) is 44.8 Å². The van der Waals surface area contributed by atoms with Gasteiger partial charge in [-0.05, 0) is 12.5 Å². The smallest absolute Gasteiger partial charge is 0.334 e. The lowest BCUT2D eigenvalue weighted by Crippen LogP contribution is -2.39. The van der Waals surface area contributed by atoms with E-state index in [1.807, 2.05) is 0 Å². The van der Waals surface area contributed by atoms with Crippen molar-refractivity contribution in [3.63, 3.8) is 0 Å². The lowest BCUT2D eigenvalue weighted by Gasteiger charge is -2.28. The Labute approximate surface area is 154 Å². The van der Waals surface area contributed by atoms with E-state index in [0.717, 1.165) is 0 Å². The third kappa shape index (κ3) is 2.85. The highest BCUT2D eigenvalue weighted by Crippen LogP contribution is 2.49. The van der Waals surface area contributed by atoms with Crippen LogP contribution in [0.25, 0.3) is 0 Å². The average Bonchev–Trinajstić information content (AvgIpc) is 3.32. The van der Waals surface area contributed by atoms with Crippen molar-refractivity contribution in [1.82, 2.24) is 0 Å². The molecule has 1 aromatic rings. The largest absolute Gasteiger partial charge is 0.472 e. The first kappa shape index (κ1) is 17.5. The van der Waals surface area contributed by atoms with Crippen molar-refractivity contribution in [3.05, 3.63) is 35.3 Å². The lowest BCUT2D eigenvalue weighted by molar-refractivity contribution is -0.154. The Hall–Kier alpha value is -2.90. The van der Waals surface area contributed by atoms with Crippen molar-refractivity contribution in [1.29, 1.82) is 0 Å². The van der Waals surface area contributed by atoms with Gasteiger partial charge in [-0.3, -0.25) is 14.4 Å². The predicted molar refractivity (Wildman–Crippen MR) is 87.0 cm³/mol. The quantitative estimate of drug-likeness (QED) is 0.438. The molecule has 3 atom stereocenters. The molecule has 2 aliphatic heterocycles. The number of carbonyl (C=O) groups excluding carboxylic acids is 4. The molecule has 8 heteroatoms. The van der Waals surface area contributed by atoms with E-state index in [1.165, 1.54) is 19.5 Å². The molecule has 4 rings (SSSR count). The fraction of sp³-hybridized carbons (Fsp3) is 0.474. The van der Waals surface area contributed by atoms with E-state index < -0.39 is 35.5 Å². The van der Waals surface area contributed by atoms with Gasteiger partial charge in [-0.1, -0.05) is 0 Å². The number of rotatable bonds is 2. The van der Waals surface area contributed by atoms with E-state index in [4.69, 9.17) is 18.6 Å². The van der Waals surface area contributed by atoms with Crippen LogP contribution >= 0.6 is 0 Å². The number of carbonyl (C=O) groups is 4. The van der Waals surface area contributed by atoms with E-state index in [0.29, 0.717) is 11.1 Å². The zero-order chi connectivity index (χ0) is 19.2. The Morgan fingerprint density at radius 2 is 2.11 bits per heavy atom. The molecule has 0 bridgehead atoms. The molecule has 1 spiro atoms. The van der Waals surface area contributed by atoms with Gasteiger partial charge in [-0.2, -0.15) is 0 Å². The van der Waals surface area contributed by atoms with E-state index in [2.05, 4.69) is 0 Å². The number of Topliss-reactive ketones (excluding diaryl/α,β-unsaturated/α-hetero) is 1. The summed E-state index contributed by atoms with van der Waals surface area (Å²) in [6, 6.07) is 1.68. The Kier molecular flexibility index (Phi) is 4.13. The molecule has 1 fully saturated rings. The summed E-state index contributed by atoms with van der Waals surface area (Å²) in [6.07, 6.45) is 1.88. The highest BCUT2D eigenvalue weighted by atomic mass is 16.6. The van der Waals surface area contributed by atoms with Crippen molar-refractivity contribution in [3.8, 4) is 0 Å². The van der Waals surface area contributed by atoms with Gasteiger partial charge in [-0.15, -0.1) is 0 Å². The van der Waals surface area contributed by atoms with Crippen LogP contribution in [0, 0.1) is 5.41 Å². The highest BCUT2D eigenvalue weighted by Gasteiger charge is 2.57. The molecule has 0 N–H and O–H groups in total. The molecule has 0 aromatic carbocycles. The van der Waals surface area contributed by atoms with Crippen LogP contribution in [0.2, 0.25) is 0 Å². The number of ketones is 1. The van der Waals surface area contributed by atoms with Gasteiger partial charge in [0, 0.05) is 42.9 Å². The Balaban J connectivity index is 1.72. The second-order valence-corrected chi connectivity index (χ2v) is 7.05. The van der Waals surface area contributed by atoms with Crippen LogP contribution in [0.15, 0.2) is 34.2 Å². The van der Waals surface area contributed by atoms with Crippen LogP contribution < -0.4 is 0 Å². The highest BCUT2D eigenvalue weighted by molar-refractivity contribution is 6.07. The number of hydrogen-bond donors (Lipinski definition) is 0. The fourth-order valence-corrected chi connectivity index (χ4v) is 4.03. The van der Waals surface area contributed by atoms with Gasteiger partial charge in [-0.25, -0.2) is 4.79 Å². The number of cyclic esters (lactones) is 2. The Morgan fingerprint density at radius 3 is 2.81 bits per heavy atom. The summed E-state index contributed by atoms with van der Waals surface area (Å²) in [4.78, 5) is 49.4. The minimum atomic E-state index is -1.44. The van der Waals surface area contributed by atoms with E-state index in [9.17, 15) is 19.2 Å². The second-order valence-electron chi connectivity index (χ2n) is 7.05. The zero-order valence-corrected chi connectivity index (χ0v) is 14.7. The molecule has 27 heavy (non-hydrogen) atoms. The summed E-state index contributed by atoms with van der Waals surface area (Å²) in [6.45, 7) is 1.26. The summed E-state index contributed by atoms with van der Waals surface area (Å²) in [7, 11) is 0. The summed E-state index contributed by atoms with van der Waals surface area (Å²) in [5.41, 5.74) is -0.00983. The Morgan fingerprint density at radius 1 is 1.30 bits per heavy atom. The minimum absolute atomic E-state index is 0.00338. The monoisotopic (exact) mass is 374 g/mol. The molecule has 0 unspecified atom stereocenters. The summed E-state index contributed by atoms with van der Waals surface area (Å²) in [5, 5.41) is 0. The van der Waals surface area contributed by atoms with Gasteiger partial charge in [0.2, 0.25) is 0 Å². The number of ether oxygens (including phenoxy) is 3. The van der Waals surface area contributed by atoms with Crippen molar-refractivity contribution in [2.24, 2.45) is 5.41 Å². The molecule has 1 aliphatic carbocycles. The molecule has 0 amide bonds. The van der Waals surface area contributed by atoms with Crippen molar-refractivity contribution in [2.75, 3.05) is 6.61 Å². The third-order valence-corrected chi connectivity index (χ3v) is 5.42. The second kappa shape index (κ2) is 6.37. The standard InChI is InChI=1S/C19H18O8/c1-10(20)26-14-2-3-16(21)19(6-12-13(14)9-25-17(12)22)7-15(27-18(19)23)11-4-5-24-8-11/h4-5,8,14-15H,2-3,6-7,9H2,1H3/t14-,15-,19-/m0/s1. The predicted octanol–water partition coefficient (Wildman–Crippen LogP) is 1.79. The summed E-state index contributed by atoms with van der Waals surface area (Å²) >= 11 is 0. The van der Waals surface area contributed by atoms with E-state index in [-0.39, 0.29) is 43.6 Å². The van der Waals surface area contributed by atoms with Gasteiger partial charge >= 0.3 is 17.9 Å². The molecule has 0 saturated carbocycles. The van der Waals surface area contributed by atoms with Crippen molar-refractivity contribution >= 4 is 23.7 Å². The SMILES string of the molecule is CC(=O)O[C@H]1CCC(=O)[C@]2(CC3=C1COC3=O)C[C@@H](c1ccoc1)OC2=O. The number of hydrogen-bond acceptors (Lipinski definition) is 8. The van der Waals surface area contributed by atoms with E-state index in [1.54, 1.807) is 6.07 Å². The topological polar surface area (TPSA) is 109 Å². The van der Waals surface area contributed by atoms with Crippen molar-refractivity contribution < 1.29 is 37.8 Å². The van der Waals surface area contributed by atoms with Gasteiger partial charge in [0.25, 0.3) is 0 Å². The maximum atomic E-state index is 13.0. The van der Waals surface area contributed by atoms with E-state index >= 15 is 0 Å². The first-order chi connectivity index (χ1) is 12.9. The molecular formula is C19H18O8.